The molecule has 3 aromatic rings. The maximum Gasteiger partial charge on any atom is 0.407 e. The first kappa shape index (κ1) is 26.0. The molecule has 2 aliphatic heterocycles. The molecular formula is C26H25ClN6O4S. The summed E-state index contributed by atoms with van der Waals surface area (Å²) in [6, 6.07) is 12.8. The van der Waals surface area contributed by atoms with Crippen LogP contribution in [0.25, 0.3) is 10.8 Å². The molecule has 1 unspecified atom stereocenters. The van der Waals surface area contributed by atoms with Crippen LogP contribution in [0.2, 0.25) is 5.02 Å². The number of fused-ring (bicyclic) bond motifs is 2. The van der Waals surface area contributed by atoms with E-state index in [1.54, 1.807) is 11.0 Å². The number of rotatable bonds is 4. The van der Waals surface area contributed by atoms with Gasteiger partial charge in [0.1, 0.15) is 12.1 Å². The van der Waals surface area contributed by atoms with E-state index >= 15 is 0 Å². The van der Waals surface area contributed by atoms with Gasteiger partial charge in [-0.05, 0) is 23.9 Å². The number of benzene rings is 2. The number of hydrogen-bond acceptors (Lipinski definition) is 7. The van der Waals surface area contributed by atoms with Gasteiger partial charge in [-0.1, -0.05) is 35.9 Å². The van der Waals surface area contributed by atoms with Crippen LogP contribution in [-0.2, 0) is 28.9 Å². The molecule has 12 heteroatoms. The van der Waals surface area contributed by atoms with Crippen molar-refractivity contribution in [3.63, 3.8) is 0 Å². The van der Waals surface area contributed by atoms with Crippen LogP contribution in [0.4, 0.5) is 16.3 Å². The Morgan fingerprint density at radius 1 is 1.24 bits per heavy atom. The lowest BCUT2D eigenvalue weighted by Crippen LogP contribution is -2.55. The number of carbonyl (C=O) groups excluding carboxylic acids is 1. The van der Waals surface area contributed by atoms with Crippen molar-refractivity contribution in [1.82, 2.24) is 14.9 Å². The molecule has 0 bridgehead atoms. The van der Waals surface area contributed by atoms with Crippen LogP contribution in [0.1, 0.15) is 24.1 Å². The minimum atomic E-state index is -1.49. The number of hydrogen-bond donors (Lipinski definition) is 1. The molecule has 1 aromatic heterocycles. The summed E-state index contributed by atoms with van der Waals surface area (Å²) in [5, 5.41) is 21.2. The lowest BCUT2D eigenvalue weighted by atomic mass is 10.1. The Labute approximate surface area is 227 Å². The second-order valence-corrected chi connectivity index (χ2v) is 10.9. The van der Waals surface area contributed by atoms with Gasteiger partial charge < -0.3 is 24.4 Å². The summed E-state index contributed by atoms with van der Waals surface area (Å²) in [6.45, 7) is 0.958. The van der Waals surface area contributed by atoms with E-state index in [1.165, 1.54) is 11.2 Å². The number of piperazine rings is 1. The molecule has 5 rings (SSSR count). The molecule has 3 heterocycles. The van der Waals surface area contributed by atoms with Crippen LogP contribution in [0, 0.1) is 11.3 Å². The molecule has 2 amide bonds. The number of nitriles is 1. The zero-order chi connectivity index (χ0) is 27.0. The predicted molar refractivity (Wildman–Crippen MR) is 144 cm³/mol. The standard InChI is InChI=1S/C26H25ClN6O4S/c1-38(37)25-29-20-15-33(21-7-3-5-16-4-2-6-19(27)23(16)21)22(34)9-8-18(20)24(30-25)31-12-13-32(26(35)36)17(14-31)10-11-28/h2-7,17H,8-10,12-15H2,1H3,(H,35,36)/t17-,38?/m0/s1. The van der Waals surface area contributed by atoms with Crippen LogP contribution in [0.15, 0.2) is 41.6 Å². The molecule has 1 N–H and O–H groups in total. The van der Waals surface area contributed by atoms with Crippen molar-refractivity contribution in [2.24, 2.45) is 0 Å². The van der Waals surface area contributed by atoms with Gasteiger partial charge in [-0.3, -0.25) is 4.79 Å². The highest BCUT2D eigenvalue weighted by Gasteiger charge is 2.35. The first-order chi connectivity index (χ1) is 18.3. The second-order valence-electron chi connectivity index (χ2n) is 9.24. The maximum atomic E-state index is 13.5. The fourth-order valence-corrected chi connectivity index (χ4v) is 5.91. The van der Waals surface area contributed by atoms with E-state index in [4.69, 9.17) is 11.6 Å². The number of halogens is 1. The molecule has 196 valence electrons. The van der Waals surface area contributed by atoms with E-state index < -0.39 is 23.3 Å². The molecule has 0 radical (unpaired) electrons. The summed E-state index contributed by atoms with van der Waals surface area (Å²) in [6.07, 6.45) is 1.04. The van der Waals surface area contributed by atoms with E-state index in [0.29, 0.717) is 35.2 Å². The van der Waals surface area contributed by atoms with Gasteiger partial charge >= 0.3 is 11.2 Å². The molecule has 1 fully saturated rings. The van der Waals surface area contributed by atoms with Crippen molar-refractivity contribution < 1.29 is 19.2 Å². The van der Waals surface area contributed by atoms with Crippen LogP contribution >= 0.6 is 11.6 Å². The first-order valence-electron chi connectivity index (χ1n) is 12.1. The molecule has 0 spiro atoms. The van der Waals surface area contributed by atoms with Gasteiger partial charge in [-0.2, -0.15) is 15.2 Å². The van der Waals surface area contributed by atoms with Crippen molar-refractivity contribution in [3.05, 3.63) is 52.7 Å². The van der Waals surface area contributed by atoms with E-state index in [9.17, 15) is 24.5 Å². The summed E-state index contributed by atoms with van der Waals surface area (Å²) < 4.78 is 12.5. The topological polar surface area (TPSA) is 137 Å². The highest BCUT2D eigenvalue weighted by Crippen LogP contribution is 2.37. The Morgan fingerprint density at radius 3 is 2.71 bits per heavy atom. The van der Waals surface area contributed by atoms with Gasteiger partial charge in [0.2, 0.25) is 5.91 Å². The first-order valence-corrected chi connectivity index (χ1v) is 14.0. The lowest BCUT2D eigenvalue weighted by molar-refractivity contribution is -0.118. The van der Waals surface area contributed by atoms with Crippen LogP contribution in [0.5, 0.6) is 0 Å². The highest BCUT2D eigenvalue weighted by atomic mass is 35.5. The molecular weight excluding hydrogens is 528 g/mol. The van der Waals surface area contributed by atoms with Crippen LogP contribution in [-0.4, -0.2) is 68.5 Å². The minimum absolute atomic E-state index is 0.0384. The van der Waals surface area contributed by atoms with E-state index in [0.717, 1.165) is 16.3 Å². The fraction of sp³-hybridized carbons (Fsp3) is 0.346. The fourth-order valence-electron chi connectivity index (χ4n) is 5.18. The van der Waals surface area contributed by atoms with E-state index in [-0.39, 0.29) is 43.5 Å². The SMILES string of the molecule is C[S+]([O-])c1nc2c(c(N3CCN(C(=O)O)[C@@H](CC#N)C3)n1)CCC(=O)N(c1cccc3cccc(Cl)c13)C2. The number of carboxylic acid groups (broad SMARTS) is 1. The Kier molecular flexibility index (Phi) is 7.29. The molecule has 1 saturated heterocycles. The van der Waals surface area contributed by atoms with Crippen LogP contribution in [0.3, 0.4) is 0 Å². The van der Waals surface area contributed by atoms with Crippen molar-refractivity contribution in [2.75, 3.05) is 35.7 Å². The Bertz CT molecular complexity index is 1460. The average Bonchev–Trinajstić information content (AvgIpc) is 3.06. The highest BCUT2D eigenvalue weighted by molar-refractivity contribution is 7.90. The van der Waals surface area contributed by atoms with Crippen LogP contribution < -0.4 is 9.80 Å². The Hall–Kier alpha value is -3.59. The summed E-state index contributed by atoms with van der Waals surface area (Å²) >= 11 is 5.06. The number of carbonyl (C=O) groups is 2. The summed E-state index contributed by atoms with van der Waals surface area (Å²) in [4.78, 5) is 39.3. The van der Waals surface area contributed by atoms with Gasteiger partial charge in [0.25, 0.3) is 0 Å². The normalized spacial score (nSPS) is 18.6. The van der Waals surface area contributed by atoms with E-state index in [1.807, 2.05) is 35.2 Å². The molecule has 0 saturated carbocycles. The van der Waals surface area contributed by atoms with Gasteiger partial charge in [0.15, 0.2) is 0 Å². The molecule has 0 aliphatic carbocycles. The van der Waals surface area contributed by atoms with Crippen molar-refractivity contribution in [1.29, 1.82) is 5.26 Å². The maximum absolute atomic E-state index is 13.5. The average molecular weight is 553 g/mol. The van der Waals surface area contributed by atoms with Gasteiger partial charge in [-0.25, -0.2) is 4.79 Å². The number of aromatic nitrogens is 2. The lowest BCUT2D eigenvalue weighted by Gasteiger charge is -2.40. The third-order valence-electron chi connectivity index (χ3n) is 6.98. The minimum Gasteiger partial charge on any atom is -0.609 e. The molecule has 10 nitrogen and oxygen atoms in total. The zero-order valence-corrected chi connectivity index (χ0v) is 22.2. The zero-order valence-electron chi connectivity index (χ0n) is 20.6. The third kappa shape index (κ3) is 4.82. The number of nitrogens with zero attached hydrogens (tertiary/aromatic N) is 6. The molecule has 38 heavy (non-hydrogen) atoms. The monoisotopic (exact) mass is 552 g/mol. The van der Waals surface area contributed by atoms with Crippen molar-refractivity contribution in [3.8, 4) is 6.07 Å². The number of amides is 2. The summed E-state index contributed by atoms with van der Waals surface area (Å²) in [7, 11) is 0. The van der Waals surface area contributed by atoms with E-state index in [2.05, 4.69) is 16.0 Å². The van der Waals surface area contributed by atoms with Gasteiger partial charge in [0, 0.05) is 48.2 Å². The summed E-state index contributed by atoms with van der Waals surface area (Å²) in [5.74, 6) is 0.442. The molecule has 2 aliphatic rings. The number of anilines is 2. The summed E-state index contributed by atoms with van der Waals surface area (Å²) in [5.41, 5.74) is 2.03. The Morgan fingerprint density at radius 2 is 2.00 bits per heavy atom. The van der Waals surface area contributed by atoms with Crippen molar-refractivity contribution >= 4 is 57.1 Å². The van der Waals surface area contributed by atoms with Gasteiger partial charge in [0.05, 0.1) is 41.5 Å². The molecule has 2 atom stereocenters. The quantitative estimate of drug-likeness (QED) is 0.383. The predicted octanol–water partition coefficient (Wildman–Crippen LogP) is 3.58. The van der Waals surface area contributed by atoms with Gasteiger partial charge in [-0.15, -0.1) is 0 Å². The Balaban J connectivity index is 1.58. The second kappa shape index (κ2) is 10.6. The largest absolute Gasteiger partial charge is 0.609 e. The third-order valence-corrected chi connectivity index (χ3v) is 7.99. The smallest absolute Gasteiger partial charge is 0.407 e. The molecule has 2 aromatic carbocycles. The van der Waals surface area contributed by atoms with Crippen molar-refractivity contribution in [2.45, 2.75) is 37.0 Å².